The Labute approximate surface area is 173 Å². The van der Waals surface area contributed by atoms with Crippen molar-refractivity contribution in [3.63, 3.8) is 0 Å². The first kappa shape index (κ1) is 19.4. The number of rotatable bonds is 6. The van der Waals surface area contributed by atoms with Crippen LogP contribution in [-0.2, 0) is 7.05 Å². The molecule has 4 rings (SSSR count). The lowest BCUT2D eigenvalue weighted by Crippen LogP contribution is -2.14. The summed E-state index contributed by atoms with van der Waals surface area (Å²) >= 11 is 0. The van der Waals surface area contributed by atoms with Crippen molar-refractivity contribution in [1.29, 1.82) is 0 Å². The zero-order valence-electron chi connectivity index (χ0n) is 17.0. The minimum absolute atomic E-state index is 0.103. The van der Waals surface area contributed by atoms with Crippen LogP contribution in [0.2, 0.25) is 0 Å². The fraction of sp³-hybridized carbons (Fsp3) is 0.182. The van der Waals surface area contributed by atoms with E-state index in [0.717, 1.165) is 5.69 Å². The van der Waals surface area contributed by atoms with Gasteiger partial charge in [-0.1, -0.05) is 6.07 Å². The van der Waals surface area contributed by atoms with E-state index in [1.54, 1.807) is 37.8 Å². The molecule has 0 radical (unpaired) electrons. The van der Waals surface area contributed by atoms with Gasteiger partial charge in [-0.3, -0.25) is 14.5 Å². The van der Waals surface area contributed by atoms with Gasteiger partial charge >= 0.3 is 0 Å². The summed E-state index contributed by atoms with van der Waals surface area (Å²) < 4.78 is 9.50. The molecular weight excluding hydrogens is 380 g/mol. The number of ether oxygens (including phenoxy) is 1. The molecule has 4 aromatic rings. The van der Waals surface area contributed by atoms with E-state index >= 15 is 0 Å². The molecule has 4 aromatic heterocycles. The third kappa shape index (κ3) is 4.22. The van der Waals surface area contributed by atoms with E-state index in [-0.39, 0.29) is 11.6 Å². The van der Waals surface area contributed by atoms with Crippen LogP contribution >= 0.6 is 0 Å². The van der Waals surface area contributed by atoms with Crippen LogP contribution in [0.4, 0.5) is 11.5 Å². The normalized spacial score (nSPS) is 10.9. The molecule has 0 fully saturated rings. The Morgan fingerprint density at radius 1 is 1.07 bits per heavy atom. The van der Waals surface area contributed by atoms with Crippen molar-refractivity contribution >= 4 is 11.5 Å². The molecule has 0 aliphatic rings. The number of pyridine rings is 3. The van der Waals surface area contributed by atoms with Crippen molar-refractivity contribution in [2.24, 2.45) is 7.05 Å². The maximum Gasteiger partial charge on any atom is 0.252 e. The topological polar surface area (TPSA) is 86.9 Å². The first-order valence-electron chi connectivity index (χ1n) is 9.58. The first-order valence-corrected chi connectivity index (χ1v) is 9.58. The van der Waals surface area contributed by atoms with Gasteiger partial charge in [0.1, 0.15) is 11.6 Å². The second kappa shape index (κ2) is 8.20. The Bertz CT molecular complexity index is 1210. The fourth-order valence-corrected chi connectivity index (χ4v) is 2.84. The molecule has 0 bridgehead atoms. The fourth-order valence-electron chi connectivity index (χ4n) is 2.84. The number of hydrogen-bond donors (Lipinski definition) is 1. The summed E-state index contributed by atoms with van der Waals surface area (Å²) in [5, 5.41) is 7.78. The zero-order valence-corrected chi connectivity index (χ0v) is 17.0. The van der Waals surface area contributed by atoms with Gasteiger partial charge in [0.15, 0.2) is 11.4 Å². The monoisotopic (exact) mass is 402 g/mol. The van der Waals surface area contributed by atoms with E-state index in [1.807, 2.05) is 35.1 Å². The minimum atomic E-state index is -0.103. The van der Waals surface area contributed by atoms with Crippen molar-refractivity contribution in [2.75, 3.05) is 5.32 Å². The molecule has 4 heterocycles. The summed E-state index contributed by atoms with van der Waals surface area (Å²) in [7, 11) is 1.70. The van der Waals surface area contributed by atoms with Crippen LogP contribution in [0.1, 0.15) is 19.9 Å². The van der Waals surface area contributed by atoms with Gasteiger partial charge in [-0.25, -0.2) is 4.98 Å². The van der Waals surface area contributed by atoms with Gasteiger partial charge < -0.3 is 14.6 Å². The summed E-state index contributed by atoms with van der Waals surface area (Å²) in [5.74, 6) is 1.77. The second-order valence-corrected chi connectivity index (χ2v) is 7.10. The minimum Gasteiger partial charge on any atom is -0.453 e. The summed E-state index contributed by atoms with van der Waals surface area (Å²) in [6.07, 6.45) is 6.94. The van der Waals surface area contributed by atoms with Gasteiger partial charge in [-0.2, -0.15) is 5.10 Å². The Hall–Kier alpha value is -3.94. The highest BCUT2D eigenvalue weighted by molar-refractivity contribution is 5.63. The Kier molecular flexibility index (Phi) is 5.30. The van der Waals surface area contributed by atoms with E-state index in [0.29, 0.717) is 28.7 Å². The smallest absolute Gasteiger partial charge is 0.252 e. The number of hydrogen-bond acceptors (Lipinski definition) is 6. The predicted molar refractivity (Wildman–Crippen MR) is 115 cm³/mol. The van der Waals surface area contributed by atoms with Crippen LogP contribution in [0, 0.1) is 0 Å². The molecule has 0 spiro atoms. The molecule has 0 atom stereocenters. The van der Waals surface area contributed by atoms with Crippen molar-refractivity contribution < 1.29 is 4.74 Å². The largest absolute Gasteiger partial charge is 0.453 e. The van der Waals surface area contributed by atoms with E-state index in [4.69, 9.17) is 4.74 Å². The maximum absolute atomic E-state index is 11.8. The van der Waals surface area contributed by atoms with E-state index in [1.165, 1.54) is 10.6 Å². The van der Waals surface area contributed by atoms with Crippen molar-refractivity contribution in [3.05, 3.63) is 77.6 Å². The molecule has 0 aliphatic carbocycles. The number of aromatic nitrogens is 5. The highest BCUT2D eigenvalue weighted by atomic mass is 16.5. The standard InChI is InChI=1S/C22H22N6O2/c1-15(2)28-14-19(22(26-28)18-6-4-5-9-23-18)30-17-7-10-24-20(13-17)25-16-8-11-27(3)21(29)12-16/h4-15H,1-3H3,(H,24,25). The Morgan fingerprint density at radius 2 is 1.93 bits per heavy atom. The Balaban J connectivity index is 1.62. The summed E-state index contributed by atoms with van der Waals surface area (Å²) in [4.78, 5) is 20.5. The molecule has 0 unspecified atom stereocenters. The van der Waals surface area contributed by atoms with Crippen molar-refractivity contribution in [1.82, 2.24) is 24.3 Å². The van der Waals surface area contributed by atoms with Gasteiger partial charge in [0.05, 0.1) is 11.9 Å². The second-order valence-electron chi connectivity index (χ2n) is 7.10. The molecular formula is C22H22N6O2. The van der Waals surface area contributed by atoms with Crippen LogP contribution in [0.15, 0.2) is 72.0 Å². The molecule has 0 amide bonds. The molecule has 0 saturated heterocycles. The third-order valence-corrected chi connectivity index (χ3v) is 4.47. The molecule has 1 N–H and O–H groups in total. The number of anilines is 2. The first-order chi connectivity index (χ1) is 14.5. The van der Waals surface area contributed by atoms with Crippen LogP contribution in [0.5, 0.6) is 11.5 Å². The van der Waals surface area contributed by atoms with Gasteiger partial charge in [-0.15, -0.1) is 0 Å². The van der Waals surface area contributed by atoms with Crippen LogP contribution in [0.25, 0.3) is 11.4 Å². The highest BCUT2D eigenvalue weighted by Gasteiger charge is 2.16. The van der Waals surface area contributed by atoms with Crippen LogP contribution < -0.4 is 15.6 Å². The summed E-state index contributed by atoms with van der Waals surface area (Å²) in [6, 6.07) is 12.7. The number of nitrogens with one attached hydrogen (secondary N) is 1. The van der Waals surface area contributed by atoms with Crippen molar-refractivity contribution in [3.8, 4) is 22.9 Å². The maximum atomic E-state index is 11.8. The number of nitrogens with zero attached hydrogens (tertiary/aromatic N) is 5. The van der Waals surface area contributed by atoms with Crippen molar-refractivity contribution in [2.45, 2.75) is 19.9 Å². The molecule has 0 aromatic carbocycles. The molecule has 8 nitrogen and oxygen atoms in total. The van der Waals surface area contributed by atoms with Gasteiger partial charge in [-0.05, 0) is 38.1 Å². The van der Waals surface area contributed by atoms with Gasteiger partial charge in [0.25, 0.3) is 5.56 Å². The van der Waals surface area contributed by atoms with E-state index in [2.05, 4.69) is 34.2 Å². The average Bonchev–Trinajstić information content (AvgIpc) is 3.16. The van der Waals surface area contributed by atoms with E-state index in [9.17, 15) is 4.79 Å². The lowest BCUT2D eigenvalue weighted by Gasteiger charge is -2.09. The average molecular weight is 402 g/mol. The molecule has 30 heavy (non-hydrogen) atoms. The lowest BCUT2D eigenvalue weighted by molar-refractivity contribution is 0.477. The number of aryl methyl sites for hydroxylation is 1. The van der Waals surface area contributed by atoms with Gasteiger partial charge in [0.2, 0.25) is 0 Å². The molecule has 0 aliphatic heterocycles. The summed E-state index contributed by atoms with van der Waals surface area (Å²) in [5.41, 5.74) is 1.96. The zero-order chi connectivity index (χ0) is 21.1. The van der Waals surface area contributed by atoms with Crippen LogP contribution in [-0.4, -0.2) is 24.3 Å². The van der Waals surface area contributed by atoms with Gasteiger partial charge in [0, 0.05) is 49.5 Å². The van der Waals surface area contributed by atoms with E-state index < -0.39 is 0 Å². The predicted octanol–water partition coefficient (Wildman–Crippen LogP) is 4.16. The SMILES string of the molecule is CC(C)n1cc(Oc2ccnc(Nc3ccn(C)c(=O)c3)c2)c(-c2ccccn2)n1. The van der Waals surface area contributed by atoms with Crippen LogP contribution in [0.3, 0.4) is 0 Å². The highest BCUT2D eigenvalue weighted by Crippen LogP contribution is 2.33. The lowest BCUT2D eigenvalue weighted by atomic mass is 10.2. The quantitative estimate of drug-likeness (QED) is 0.521. The summed E-state index contributed by atoms with van der Waals surface area (Å²) in [6.45, 7) is 4.11. The molecule has 0 saturated carbocycles. The molecule has 8 heteroatoms. The third-order valence-electron chi connectivity index (χ3n) is 4.47. The Morgan fingerprint density at radius 3 is 2.67 bits per heavy atom. The molecule has 152 valence electrons.